The van der Waals surface area contributed by atoms with Gasteiger partial charge in [0.2, 0.25) is 5.91 Å². The van der Waals surface area contributed by atoms with Gasteiger partial charge in [0.1, 0.15) is 5.37 Å². The number of amides is 1. The molecule has 1 fully saturated rings. The van der Waals surface area contributed by atoms with Crippen molar-refractivity contribution in [1.29, 1.82) is 0 Å². The number of thioether (sulfide) groups is 1. The molecule has 0 unspecified atom stereocenters. The molecule has 0 radical (unpaired) electrons. The normalized spacial score (nSPS) is 19.2. The smallest absolute Gasteiger partial charge is 0.240 e. The molecule has 0 saturated carbocycles. The summed E-state index contributed by atoms with van der Waals surface area (Å²) in [5, 5.41) is 1.42. The van der Waals surface area contributed by atoms with Gasteiger partial charge in [-0.2, -0.15) is 0 Å². The molecule has 1 atom stereocenters. The molecule has 1 aliphatic rings. The van der Waals surface area contributed by atoms with E-state index in [0.717, 1.165) is 15.6 Å². The maximum atomic E-state index is 12.1. The van der Waals surface area contributed by atoms with Crippen molar-refractivity contribution in [3.63, 3.8) is 0 Å². The van der Waals surface area contributed by atoms with E-state index in [1.54, 1.807) is 22.9 Å². The lowest BCUT2D eigenvalue weighted by Crippen LogP contribution is -2.27. The molecule has 0 bridgehead atoms. The van der Waals surface area contributed by atoms with E-state index in [1.807, 2.05) is 31.2 Å². The van der Waals surface area contributed by atoms with Crippen molar-refractivity contribution in [2.75, 3.05) is 10.7 Å². The Morgan fingerprint density at radius 1 is 1.47 bits per heavy atom. The molecule has 0 N–H and O–H groups in total. The number of hydrogen-bond acceptors (Lipinski definition) is 4. The van der Waals surface area contributed by atoms with Gasteiger partial charge >= 0.3 is 0 Å². The number of carbonyl (C=O) groups excluding carboxylic acids is 1. The van der Waals surface area contributed by atoms with Gasteiger partial charge in [0.25, 0.3) is 0 Å². The number of aryl methyl sites for hydroxylation is 1. The number of hydrogen-bond donors (Lipinski definition) is 0. The standard InChI is InChI=1S/C13H11ClN2OS2/c1-8-6-15-13(19-8)16-11(17)7-18-12(16)9-3-2-4-10(14)5-9/h2-6,12H,7H2,1H3/t12-/m1/s1. The fourth-order valence-electron chi connectivity index (χ4n) is 1.99. The molecule has 3 rings (SSSR count). The SMILES string of the molecule is Cc1cnc(N2C(=O)CS[C@@H]2c2cccc(Cl)c2)s1. The predicted molar refractivity (Wildman–Crippen MR) is 81.0 cm³/mol. The van der Waals surface area contributed by atoms with Gasteiger partial charge in [0.05, 0.1) is 5.75 Å². The third-order valence-corrected chi connectivity index (χ3v) is 5.18. The number of carbonyl (C=O) groups is 1. The average molecular weight is 311 g/mol. The first-order valence-electron chi connectivity index (χ1n) is 5.77. The summed E-state index contributed by atoms with van der Waals surface area (Å²) in [6.07, 6.45) is 1.80. The van der Waals surface area contributed by atoms with Crippen LogP contribution in [-0.4, -0.2) is 16.6 Å². The highest BCUT2D eigenvalue weighted by Gasteiger charge is 2.35. The molecule has 6 heteroatoms. The highest BCUT2D eigenvalue weighted by molar-refractivity contribution is 8.00. The molecule has 0 aliphatic carbocycles. The maximum absolute atomic E-state index is 12.1. The van der Waals surface area contributed by atoms with E-state index >= 15 is 0 Å². The van der Waals surface area contributed by atoms with E-state index in [4.69, 9.17) is 11.6 Å². The average Bonchev–Trinajstić information content (AvgIpc) is 2.95. The topological polar surface area (TPSA) is 33.2 Å². The second-order valence-corrected chi connectivity index (χ2v) is 6.95. The highest BCUT2D eigenvalue weighted by Crippen LogP contribution is 2.43. The monoisotopic (exact) mass is 310 g/mol. The van der Waals surface area contributed by atoms with Crippen molar-refractivity contribution < 1.29 is 4.79 Å². The zero-order valence-corrected chi connectivity index (χ0v) is 12.6. The summed E-state index contributed by atoms with van der Waals surface area (Å²) in [5.41, 5.74) is 1.04. The Balaban J connectivity index is 1.99. The van der Waals surface area contributed by atoms with E-state index in [2.05, 4.69) is 4.98 Å². The molecule has 3 nitrogen and oxygen atoms in total. The van der Waals surface area contributed by atoms with Gasteiger partial charge in [-0.3, -0.25) is 9.69 Å². The first-order valence-corrected chi connectivity index (χ1v) is 8.01. The van der Waals surface area contributed by atoms with Gasteiger partial charge in [-0.05, 0) is 24.6 Å². The molecule has 1 aromatic carbocycles. The second kappa shape index (κ2) is 5.15. The molecular weight excluding hydrogens is 300 g/mol. The zero-order valence-electron chi connectivity index (χ0n) is 10.2. The summed E-state index contributed by atoms with van der Waals surface area (Å²) >= 11 is 9.18. The van der Waals surface area contributed by atoms with Gasteiger partial charge in [0.15, 0.2) is 5.13 Å². The molecule has 19 heavy (non-hydrogen) atoms. The third-order valence-electron chi connectivity index (χ3n) is 2.82. The van der Waals surface area contributed by atoms with E-state index < -0.39 is 0 Å². The summed E-state index contributed by atoms with van der Waals surface area (Å²) in [5.74, 6) is 0.583. The summed E-state index contributed by atoms with van der Waals surface area (Å²) in [6.45, 7) is 1.99. The van der Waals surface area contributed by atoms with Crippen molar-refractivity contribution in [1.82, 2.24) is 4.98 Å². The third kappa shape index (κ3) is 2.50. The van der Waals surface area contributed by atoms with Crippen molar-refractivity contribution >= 4 is 45.7 Å². The Bertz CT molecular complexity index is 629. The Morgan fingerprint density at radius 3 is 3.00 bits per heavy atom. The van der Waals surface area contributed by atoms with Crippen molar-refractivity contribution in [3.8, 4) is 0 Å². The van der Waals surface area contributed by atoms with Crippen LogP contribution in [0.5, 0.6) is 0 Å². The number of anilines is 1. The first kappa shape index (κ1) is 13.0. The minimum absolute atomic E-state index is 0.0308. The van der Waals surface area contributed by atoms with Crippen LogP contribution in [0.1, 0.15) is 15.8 Å². The summed E-state index contributed by atoms with van der Waals surface area (Å²) in [7, 11) is 0. The van der Waals surface area contributed by atoms with Crippen LogP contribution in [0.2, 0.25) is 5.02 Å². The van der Waals surface area contributed by atoms with E-state index in [9.17, 15) is 4.79 Å². The van der Waals surface area contributed by atoms with Crippen LogP contribution in [0.25, 0.3) is 0 Å². The zero-order chi connectivity index (χ0) is 13.4. The number of benzene rings is 1. The van der Waals surface area contributed by atoms with Crippen molar-refractivity contribution in [3.05, 3.63) is 45.9 Å². The highest BCUT2D eigenvalue weighted by atomic mass is 35.5. The Hall–Kier alpha value is -1.04. The lowest BCUT2D eigenvalue weighted by atomic mass is 10.2. The van der Waals surface area contributed by atoms with Crippen LogP contribution in [0.15, 0.2) is 30.5 Å². The fraction of sp³-hybridized carbons (Fsp3) is 0.231. The predicted octanol–water partition coefficient (Wildman–Crippen LogP) is 3.88. The lowest BCUT2D eigenvalue weighted by molar-refractivity contribution is -0.115. The van der Waals surface area contributed by atoms with Gasteiger partial charge in [-0.1, -0.05) is 23.7 Å². The number of halogens is 1. The summed E-state index contributed by atoms with van der Waals surface area (Å²) in [4.78, 5) is 19.3. The van der Waals surface area contributed by atoms with Crippen molar-refractivity contribution in [2.45, 2.75) is 12.3 Å². The molecule has 1 aliphatic heterocycles. The van der Waals surface area contributed by atoms with Crippen LogP contribution < -0.4 is 4.90 Å². The number of nitrogens with zero attached hydrogens (tertiary/aromatic N) is 2. The summed E-state index contributed by atoms with van der Waals surface area (Å²) < 4.78 is 0. The van der Waals surface area contributed by atoms with E-state index in [-0.39, 0.29) is 11.3 Å². The minimum Gasteiger partial charge on any atom is -0.273 e. The molecule has 1 aromatic heterocycles. The largest absolute Gasteiger partial charge is 0.273 e. The van der Waals surface area contributed by atoms with Gasteiger partial charge in [-0.25, -0.2) is 4.98 Å². The van der Waals surface area contributed by atoms with Gasteiger partial charge < -0.3 is 0 Å². The van der Waals surface area contributed by atoms with Crippen LogP contribution in [0, 0.1) is 6.92 Å². The summed E-state index contributed by atoms with van der Waals surface area (Å²) in [6, 6.07) is 7.65. The van der Waals surface area contributed by atoms with Crippen LogP contribution >= 0.6 is 34.7 Å². The molecular formula is C13H11ClN2OS2. The second-order valence-electron chi connectivity index (χ2n) is 4.24. The molecule has 98 valence electrons. The minimum atomic E-state index is -0.0308. The molecule has 2 aromatic rings. The van der Waals surface area contributed by atoms with Crippen LogP contribution in [0.3, 0.4) is 0 Å². The molecule has 0 spiro atoms. The Morgan fingerprint density at radius 2 is 2.32 bits per heavy atom. The van der Waals surface area contributed by atoms with E-state index in [1.165, 1.54) is 11.3 Å². The Kier molecular flexibility index (Phi) is 3.52. The van der Waals surface area contributed by atoms with Crippen LogP contribution in [0.4, 0.5) is 5.13 Å². The molecule has 2 heterocycles. The number of thiazole rings is 1. The fourth-order valence-corrected chi connectivity index (χ4v) is 4.21. The van der Waals surface area contributed by atoms with Crippen LogP contribution in [-0.2, 0) is 4.79 Å². The van der Waals surface area contributed by atoms with Crippen molar-refractivity contribution in [2.24, 2.45) is 0 Å². The first-order chi connectivity index (χ1) is 9.15. The Labute approximate surface area is 124 Å². The number of rotatable bonds is 2. The maximum Gasteiger partial charge on any atom is 0.240 e. The lowest BCUT2D eigenvalue weighted by Gasteiger charge is -2.21. The van der Waals surface area contributed by atoms with Gasteiger partial charge in [0, 0.05) is 16.1 Å². The quantitative estimate of drug-likeness (QED) is 0.844. The molecule has 1 saturated heterocycles. The molecule has 1 amide bonds. The number of aromatic nitrogens is 1. The van der Waals surface area contributed by atoms with E-state index in [0.29, 0.717) is 10.8 Å². The van der Waals surface area contributed by atoms with Gasteiger partial charge in [-0.15, -0.1) is 23.1 Å².